The van der Waals surface area contributed by atoms with E-state index in [-0.39, 0.29) is 25.1 Å². The largest absolute Gasteiger partial charge is 1.00 e. The molecule has 0 fully saturated rings. The molecule has 0 bridgehead atoms. The van der Waals surface area contributed by atoms with Crippen LogP contribution in [-0.2, 0) is 0 Å². The Bertz CT molecular complexity index is 965. The SMILES string of the molecule is CCN(CC)CCN(C(=O)c1ccc(Br)s1)c1nc2cc3c(cc2s1)OCO3.[Cl-]. The van der Waals surface area contributed by atoms with E-state index >= 15 is 0 Å². The molecule has 0 aliphatic carbocycles. The first kappa shape index (κ1) is 22.3. The van der Waals surface area contributed by atoms with Crippen molar-refractivity contribution in [1.82, 2.24) is 9.88 Å². The minimum Gasteiger partial charge on any atom is -1.00 e. The van der Waals surface area contributed by atoms with Gasteiger partial charge in [-0.2, -0.15) is 0 Å². The number of likely N-dealkylation sites (N-methyl/N-ethyl adjacent to an activating group) is 1. The molecule has 1 aliphatic heterocycles. The fourth-order valence-electron chi connectivity index (χ4n) is 3.05. The van der Waals surface area contributed by atoms with Gasteiger partial charge in [-0.1, -0.05) is 25.2 Å². The number of nitrogens with zero attached hydrogens (tertiary/aromatic N) is 3. The van der Waals surface area contributed by atoms with Crippen LogP contribution in [0.1, 0.15) is 23.5 Å². The van der Waals surface area contributed by atoms with E-state index in [1.807, 2.05) is 24.3 Å². The zero-order valence-corrected chi connectivity index (χ0v) is 20.0. The summed E-state index contributed by atoms with van der Waals surface area (Å²) in [5.41, 5.74) is 0.817. The number of rotatable bonds is 7. The van der Waals surface area contributed by atoms with Crippen molar-refractivity contribution in [1.29, 1.82) is 0 Å². The van der Waals surface area contributed by atoms with Crippen molar-refractivity contribution in [3.8, 4) is 11.5 Å². The van der Waals surface area contributed by atoms with Gasteiger partial charge >= 0.3 is 0 Å². The average Bonchev–Trinajstić information content (AvgIpc) is 3.41. The predicted molar refractivity (Wildman–Crippen MR) is 117 cm³/mol. The first-order valence-corrected chi connectivity index (χ1v) is 11.5. The first-order valence-electron chi connectivity index (χ1n) is 9.08. The summed E-state index contributed by atoms with van der Waals surface area (Å²) >= 11 is 6.39. The van der Waals surface area contributed by atoms with Gasteiger partial charge in [-0.05, 0) is 41.2 Å². The highest BCUT2D eigenvalue weighted by atomic mass is 79.9. The fraction of sp³-hybridized carbons (Fsp3) is 0.368. The van der Waals surface area contributed by atoms with Crippen LogP contribution in [0.25, 0.3) is 10.2 Å². The molecule has 0 unspecified atom stereocenters. The Morgan fingerprint density at radius 3 is 2.52 bits per heavy atom. The number of fused-ring (bicyclic) bond motifs is 2. The maximum Gasteiger partial charge on any atom is 0.270 e. The number of hydrogen-bond acceptors (Lipinski definition) is 7. The zero-order chi connectivity index (χ0) is 19.7. The molecule has 0 N–H and O–H groups in total. The van der Waals surface area contributed by atoms with E-state index in [0.29, 0.717) is 22.3 Å². The van der Waals surface area contributed by atoms with Gasteiger partial charge in [0.1, 0.15) is 0 Å². The molecule has 0 radical (unpaired) electrons. The lowest BCUT2D eigenvalue weighted by molar-refractivity contribution is -0.0000147. The van der Waals surface area contributed by atoms with E-state index in [1.54, 1.807) is 4.90 Å². The van der Waals surface area contributed by atoms with Crippen LogP contribution in [0.2, 0.25) is 0 Å². The Morgan fingerprint density at radius 2 is 1.86 bits per heavy atom. The summed E-state index contributed by atoms with van der Waals surface area (Å²) in [5, 5.41) is 0.695. The second-order valence-corrected chi connectivity index (χ2v) is 9.73. The molecule has 3 heterocycles. The molecule has 10 heteroatoms. The lowest BCUT2D eigenvalue weighted by Crippen LogP contribution is -3.00. The topological polar surface area (TPSA) is 54.9 Å². The lowest BCUT2D eigenvalue weighted by atomic mass is 10.3. The summed E-state index contributed by atoms with van der Waals surface area (Å²) in [6.07, 6.45) is 0. The van der Waals surface area contributed by atoms with Crippen molar-refractivity contribution in [2.75, 3.05) is 37.9 Å². The summed E-state index contributed by atoms with van der Waals surface area (Å²) < 4.78 is 12.8. The molecule has 1 amide bonds. The first-order chi connectivity index (χ1) is 13.6. The number of halogens is 2. The quantitative estimate of drug-likeness (QED) is 0.479. The van der Waals surface area contributed by atoms with Gasteiger partial charge in [0.25, 0.3) is 5.91 Å². The van der Waals surface area contributed by atoms with Gasteiger partial charge in [0, 0.05) is 25.2 Å². The Morgan fingerprint density at radius 1 is 1.14 bits per heavy atom. The molecule has 6 nitrogen and oxygen atoms in total. The summed E-state index contributed by atoms with van der Waals surface area (Å²) in [4.78, 5) is 22.8. The molecular formula is C19H20BrClN3O3S2-. The maximum atomic E-state index is 13.2. The summed E-state index contributed by atoms with van der Waals surface area (Å²) in [6, 6.07) is 7.57. The van der Waals surface area contributed by atoms with E-state index in [1.165, 1.54) is 22.7 Å². The number of thiazole rings is 1. The monoisotopic (exact) mass is 516 g/mol. The summed E-state index contributed by atoms with van der Waals surface area (Å²) in [6.45, 7) is 7.78. The van der Waals surface area contributed by atoms with Gasteiger partial charge in [-0.3, -0.25) is 9.69 Å². The Hall–Kier alpha value is -1.39. The van der Waals surface area contributed by atoms with Crippen LogP contribution in [-0.4, -0.2) is 48.8 Å². The number of carbonyl (C=O) groups is 1. The summed E-state index contributed by atoms with van der Waals surface area (Å²) in [5.74, 6) is 1.40. The zero-order valence-electron chi connectivity index (χ0n) is 16.0. The van der Waals surface area contributed by atoms with Gasteiger partial charge in [0.2, 0.25) is 6.79 Å². The number of benzene rings is 1. The van der Waals surface area contributed by atoms with E-state index in [2.05, 4.69) is 34.7 Å². The molecule has 156 valence electrons. The van der Waals surface area contributed by atoms with E-state index in [0.717, 1.165) is 39.4 Å². The maximum absolute atomic E-state index is 13.2. The van der Waals surface area contributed by atoms with Crippen molar-refractivity contribution in [2.45, 2.75) is 13.8 Å². The molecule has 29 heavy (non-hydrogen) atoms. The van der Waals surface area contributed by atoms with Crippen LogP contribution in [0.5, 0.6) is 11.5 Å². The number of hydrogen-bond donors (Lipinski definition) is 0. The van der Waals surface area contributed by atoms with Gasteiger partial charge in [0.05, 0.1) is 18.9 Å². The number of carbonyl (C=O) groups excluding carboxylic acids is 1. The summed E-state index contributed by atoms with van der Waals surface area (Å²) in [7, 11) is 0. The third-order valence-electron chi connectivity index (χ3n) is 4.67. The highest BCUT2D eigenvalue weighted by Gasteiger charge is 2.24. The Labute approximate surface area is 192 Å². The Kier molecular flexibility index (Phi) is 7.39. The third-order valence-corrected chi connectivity index (χ3v) is 7.32. The van der Waals surface area contributed by atoms with Gasteiger partial charge in [-0.15, -0.1) is 11.3 Å². The lowest BCUT2D eigenvalue weighted by Gasteiger charge is -2.24. The van der Waals surface area contributed by atoms with E-state index < -0.39 is 0 Å². The molecule has 0 saturated carbocycles. The van der Waals surface area contributed by atoms with Crippen molar-refractivity contribution < 1.29 is 26.7 Å². The van der Waals surface area contributed by atoms with E-state index in [4.69, 9.17) is 14.5 Å². The number of amides is 1. The Balaban J connectivity index is 0.00000240. The van der Waals surface area contributed by atoms with Crippen molar-refractivity contribution in [2.24, 2.45) is 0 Å². The molecular weight excluding hydrogens is 498 g/mol. The second kappa shape index (κ2) is 9.61. The highest BCUT2D eigenvalue weighted by Crippen LogP contribution is 2.40. The van der Waals surface area contributed by atoms with Crippen LogP contribution in [0.3, 0.4) is 0 Å². The third kappa shape index (κ3) is 4.69. The van der Waals surface area contributed by atoms with Gasteiger partial charge in [0.15, 0.2) is 16.6 Å². The minimum absolute atomic E-state index is 0. The van der Waals surface area contributed by atoms with Crippen molar-refractivity contribution in [3.05, 3.63) is 32.9 Å². The number of anilines is 1. The normalized spacial score (nSPS) is 12.4. The number of aromatic nitrogens is 1. The fourth-order valence-corrected chi connectivity index (χ4v) is 5.38. The number of ether oxygens (including phenoxy) is 2. The average molecular weight is 518 g/mol. The van der Waals surface area contributed by atoms with Crippen LogP contribution in [0.15, 0.2) is 28.1 Å². The molecule has 0 spiro atoms. The molecule has 1 aliphatic rings. The smallest absolute Gasteiger partial charge is 0.270 e. The standard InChI is InChI=1S/C19H20BrN3O3S2.ClH/c1-3-22(4-2)7-8-23(18(24)15-5-6-17(20)27-15)19-21-12-9-13-14(26-11-25-13)10-16(12)28-19;/h5-6,9-10H,3-4,7-8,11H2,1-2H3;1H/p-1. The van der Waals surface area contributed by atoms with E-state index in [9.17, 15) is 4.79 Å². The predicted octanol–water partition coefficient (Wildman–Crippen LogP) is 1.84. The molecule has 1 aromatic carbocycles. The van der Waals surface area contributed by atoms with Crippen molar-refractivity contribution in [3.63, 3.8) is 0 Å². The number of thiophene rings is 1. The van der Waals surface area contributed by atoms with Crippen LogP contribution >= 0.6 is 38.6 Å². The van der Waals surface area contributed by atoms with Gasteiger partial charge in [-0.25, -0.2) is 4.98 Å². The van der Waals surface area contributed by atoms with Crippen LogP contribution in [0.4, 0.5) is 5.13 Å². The van der Waals surface area contributed by atoms with Crippen LogP contribution < -0.4 is 26.8 Å². The highest BCUT2D eigenvalue weighted by molar-refractivity contribution is 9.11. The molecule has 2 aromatic heterocycles. The second-order valence-electron chi connectivity index (χ2n) is 6.26. The molecule has 3 aromatic rings. The van der Waals surface area contributed by atoms with Gasteiger partial charge < -0.3 is 26.8 Å². The molecule has 0 saturated heterocycles. The van der Waals surface area contributed by atoms with Crippen molar-refractivity contribution >= 4 is 59.9 Å². The molecule has 4 rings (SSSR count). The van der Waals surface area contributed by atoms with Crippen LogP contribution in [0, 0.1) is 0 Å². The minimum atomic E-state index is -0.0260. The molecule has 0 atom stereocenters.